The summed E-state index contributed by atoms with van der Waals surface area (Å²) >= 11 is 1.57. The first kappa shape index (κ1) is 21.3. The van der Waals surface area contributed by atoms with Gasteiger partial charge in [0.05, 0.1) is 10.8 Å². The summed E-state index contributed by atoms with van der Waals surface area (Å²) in [5.74, 6) is -0.232. The maximum Gasteiger partial charge on any atom is 0.243 e. The van der Waals surface area contributed by atoms with Crippen LogP contribution in [0.25, 0.3) is 10.3 Å². The number of amides is 1. The highest BCUT2D eigenvalue weighted by molar-refractivity contribution is 7.89. The molecule has 1 amide bonds. The van der Waals surface area contributed by atoms with Crippen molar-refractivity contribution < 1.29 is 13.2 Å². The molecule has 0 bridgehead atoms. The number of piperidine rings is 1. The third-order valence-electron chi connectivity index (χ3n) is 6.13. The van der Waals surface area contributed by atoms with Gasteiger partial charge in [-0.15, -0.1) is 0 Å². The molecule has 1 atom stereocenters. The van der Waals surface area contributed by atoms with Crippen molar-refractivity contribution in [2.24, 2.45) is 5.92 Å². The quantitative estimate of drug-likeness (QED) is 0.581. The van der Waals surface area contributed by atoms with Crippen LogP contribution in [-0.4, -0.2) is 72.8 Å². The number of carbonyl (C=O) groups is 1. The molecule has 2 fully saturated rings. The van der Waals surface area contributed by atoms with Gasteiger partial charge in [0.15, 0.2) is 5.13 Å². The molecule has 1 aromatic carbocycles. The van der Waals surface area contributed by atoms with Gasteiger partial charge >= 0.3 is 0 Å². The first-order chi connectivity index (χ1) is 15.5. The molecule has 10 heteroatoms. The van der Waals surface area contributed by atoms with Gasteiger partial charge in [-0.2, -0.15) is 4.31 Å². The standard InChI is InChI=1S/C22H25N5O3S2/c28-21(17-6-5-11-27(16-17)32(29,30)18-7-2-1-3-8-18)25-12-14-26(15-13-25)22-24-19-9-4-10-23-20(19)31-22/h1-4,7-10,17H,5-6,11-16H2. The van der Waals surface area contributed by atoms with Crippen molar-refractivity contribution >= 4 is 42.7 Å². The number of benzene rings is 1. The second-order valence-corrected chi connectivity index (χ2v) is 11.0. The van der Waals surface area contributed by atoms with E-state index in [9.17, 15) is 13.2 Å². The minimum absolute atomic E-state index is 0.0589. The van der Waals surface area contributed by atoms with Crippen molar-refractivity contribution in [2.75, 3.05) is 44.2 Å². The van der Waals surface area contributed by atoms with Crippen molar-refractivity contribution in [3.63, 3.8) is 0 Å². The van der Waals surface area contributed by atoms with Gasteiger partial charge in [-0.25, -0.2) is 18.4 Å². The number of sulfonamides is 1. The summed E-state index contributed by atoms with van der Waals surface area (Å²) in [5.41, 5.74) is 0.896. The monoisotopic (exact) mass is 471 g/mol. The van der Waals surface area contributed by atoms with Gasteiger partial charge in [0.2, 0.25) is 15.9 Å². The van der Waals surface area contributed by atoms with Gasteiger partial charge in [0, 0.05) is 45.5 Å². The van der Waals surface area contributed by atoms with Crippen LogP contribution < -0.4 is 4.90 Å². The molecule has 8 nitrogen and oxygen atoms in total. The van der Waals surface area contributed by atoms with Crippen LogP contribution in [0.5, 0.6) is 0 Å². The van der Waals surface area contributed by atoms with Crippen LogP contribution in [0.15, 0.2) is 53.6 Å². The molecule has 0 radical (unpaired) electrons. The number of fused-ring (bicyclic) bond motifs is 1. The van der Waals surface area contributed by atoms with E-state index in [-0.39, 0.29) is 23.3 Å². The molecule has 1 unspecified atom stereocenters. The Morgan fingerprint density at radius 1 is 1.00 bits per heavy atom. The minimum Gasteiger partial charge on any atom is -0.344 e. The summed E-state index contributed by atoms with van der Waals surface area (Å²) in [6, 6.07) is 12.3. The van der Waals surface area contributed by atoms with Crippen molar-refractivity contribution in [2.45, 2.75) is 17.7 Å². The molecule has 0 saturated carbocycles. The number of nitrogens with zero attached hydrogens (tertiary/aromatic N) is 5. The van der Waals surface area contributed by atoms with Gasteiger partial charge in [-0.3, -0.25) is 4.79 Å². The lowest BCUT2D eigenvalue weighted by Gasteiger charge is -2.38. The van der Waals surface area contributed by atoms with Gasteiger partial charge in [0.1, 0.15) is 10.3 Å². The van der Waals surface area contributed by atoms with Crippen molar-refractivity contribution in [3.8, 4) is 0 Å². The van der Waals surface area contributed by atoms with E-state index >= 15 is 0 Å². The summed E-state index contributed by atoms with van der Waals surface area (Å²) in [5, 5.41) is 0.934. The zero-order valence-electron chi connectivity index (χ0n) is 17.6. The molecule has 5 rings (SSSR count). The number of piperazine rings is 1. The molecule has 2 aromatic heterocycles. The van der Waals surface area contributed by atoms with Crippen LogP contribution in [0.3, 0.4) is 0 Å². The molecule has 3 aromatic rings. The lowest BCUT2D eigenvalue weighted by atomic mass is 9.98. The van der Waals surface area contributed by atoms with E-state index < -0.39 is 10.0 Å². The van der Waals surface area contributed by atoms with Crippen LogP contribution in [0.2, 0.25) is 0 Å². The van der Waals surface area contributed by atoms with Crippen LogP contribution in [0.1, 0.15) is 12.8 Å². The smallest absolute Gasteiger partial charge is 0.243 e. The Kier molecular flexibility index (Phi) is 5.83. The van der Waals surface area contributed by atoms with Crippen LogP contribution in [0, 0.1) is 5.92 Å². The Bertz CT molecular complexity index is 1170. The van der Waals surface area contributed by atoms with Crippen molar-refractivity contribution in [1.82, 2.24) is 19.2 Å². The first-order valence-corrected chi connectivity index (χ1v) is 13.1. The van der Waals surface area contributed by atoms with E-state index in [2.05, 4.69) is 14.9 Å². The Hall–Kier alpha value is -2.56. The number of pyridine rings is 1. The van der Waals surface area contributed by atoms with E-state index in [1.54, 1.807) is 47.9 Å². The van der Waals surface area contributed by atoms with Crippen LogP contribution in [0.4, 0.5) is 5.13 Å². The van der Waals surface area contributed by atoms with Crippen LogP contribution >= 0.6 is 11.3 Å². The SMILES string of the molecule is O=C(C1CCCN(S(=O)(=O)c2ccccc2)C1)N1CCN(c2nc3cccnc3s2)CC1. The largest absolute Gasteiger partial charge is 0.344 e. The van der Waals surface area contributed by atoms with E-state index in [4.69, 9.17) is 0 Å². The summed E-state index contributed by atoms with van der Waals surface area (Å²) in [7, 11) is -3.58. The number of hydrogen-bond acceptors (Lipinski definition) is 7. The summed E-state index contributed by atoms with van der Waals surface area (Å²) in [4.78, 5) is 27.5. The molecule has 168 valence electrons. The first-order valence-electron chi connectivity index (χ1n) is 10.8. The highest BCUT2D eigenvalue weighted by atomic mass is 32.2. The molecule has 0 aliphatic carbocycles. The fraction of sp³-hybridized carbons (Fsp3) is 0.409. The fourth-order valence-electron chi connectivity index (χ4n) is 4.37. The predicted octanol–water partition coefficient (Wildman–Crippen LogP) is 2.44. The number of rotatable bonds is 4. The maximum atomic E-state index is 13.2. The number of aromatic nitrogens is 2. The van der Waals surface area contributed by atoms with Gasteiger partial charge in [-0.1, -0.05) is 29.5 Å². The normalized spacial score (nSPS) is 20.6. The van der Waals surface area contributed by atoms with Crippen molar-refractivity contribution in [1.29, 1.82) is 0 Å². The Labute approximate surface area is 191 Å². The lowest BCUT2D eigenvalue weighted by Crippen LogP contribution is -2.53. The third-order valence-corrected chi connectivity index (χ3v) is 9.05. The summed E-state index contributed by atoms with van der Waals surface area (Å²) in [6.45, 7) is 3.36. The average molecular weight is 472 g/mol. The van der Waals surface area contributed by atoms with E-state index in [0.29, 0.717) is 39.1 Å². The summed E-state index contributed by atoms with van der Waals surface area (Å²) < 4.78 is 27.4. The number of carbonyl (C=O) groups excluding carboxylic acids is 1. The van der Waals surface area contributed by atoms with Gasteiger partial charge in [-0.05, 0) is 37.1 Å². The molecule has 4 heterocycles. The van der Waals surface area contributed by atoms with Crippen LogP contribution in [-0.2, 0) is 14.8 Å². The Morgan fingerprint density at radius 3 is 2.53 bits per heavy atom. The molecule has 2 aliphatic heterocycles. The molecular weight excluding hydrogens is 446 g/mol. The minimum atomic E-state index is -3.58. The number of thiazole rings is 1. The lowest BCUT2D eigenvalue weighted by molar-refractivity contribution is -0.137. The average Bonchev–Trinajstić information content (AvgIpc) is 3.29. The zero-order chi connectivity index (χ0) is 22.1. The second-order valence-electron chi connectivity index (χ2n) is 8.15. The zero-order valence-corrected chi connectivity index (χ0v) is 19.3. The maximum absolute atomic E-state index is 13.2. The predicted molar refractivity (Wildman–Crippen MR) is 124 cm³/mol. The second kappa shape index (κ2) is 8.76. The molecule has 0 N–H and O–H groups in total. The number of hydrogen-bond donors (Lipinski definition) is 0. The highest BCUT2D eigenvalue weighted by Gasteiger charge is 2.36. The number of anilines is 1. The topological polar surface area (TPSA) is 86.7 Å². The Morgan fingerprint density at radius 2 is 1.78 bits per heavy atom. The molecular formula is C22H25N5O3S2. The van der Waals surface area contributed by atoms with Crippen molar-refractivity contribution in [3.05, 3.63) is 48.7 Å². The fourth-order valence-corrected chi connectivity index (χ4v) is 6.88. The molecule has 2 aliphatic rings. The molecule has 32 heavy (non-hydrogen) atoms. The van der Waals surface area contributed by atoms with E-state index in [1.807, 2.05) is 17.0 Å². The third kappa shape index (κ3) is 4.10. The Balaban J connectivity index is 1.22. The summed E-state index contributed by atoms with van der Waals surface area (Å²) in [6.07, 6.45) is 3.19. The van der Waals surface area contributed by atoms with Gasteiger partial charge < -0.3 is 9.80 Å². The van der Waals surface area contributed by atoms with Gasteiger partial charge in [0.25, 0.3) is 0 Å². The van der Waals surface area contributed by atoms with E-state index in [1.165, 1.54) is 4.31 Å². The molecule has 2 saturated heterocycles. The molecule has 0 spiro atoms. The highest BCUT2D eigenvalue weighted by Crippen LogP contribution is 2.29. The van der Waals surface area contributed by atoms with E-state index in [0.717, 1.165) is 21.9 Å².